The van der Waals surface area contributed by atoms with Crippen molar-refractivity contribution in [3.63, 3.8) is 0 Å². The Morgan fingerprint density at radius 1 is 1.43 bits per heavy atom. The first kappa shape index (κ1) is 18.1. The van der Waals surface area contributed by atoms with E-state index in [2.05, 4.69) is 50.9 Å². The molecule has 0 bridgehead atoms. The van der Waals surface area contributed by atoms with Crippen molar-refractivity contribution in [1.82, 2.24) is 19.9 Å². The van der Waals surface area contributed by atoms with Crippen LogP contribution in [0.3, 0.4) is 0 Å². The monoisotopic (exact) mass is 398 g/mol. The standard InChI is InChI=1S/C15H23BrN4O2Si/c1-5-17-15(21)11-9-20(10-22-6-7-23(2,3)4)14-13(11)19-12(16)8-18-14/h8-9H,5-7,10H2,1-4H3,(H,17,21). The number of amides is 1. The molecule has 0 aromatic carbocycles. The van der Waals surface area contributed by atoms with Crippen molar-refractivity contribution in [3.05, 3.63) is 22.6 Å². The fourth-order valence-corrected chi connectivity index (χ4v) is 3.13. The number of carbonyl (C=O) groups is 1. The number of rotatable bonds is 7. The Hall–Kier alpha value is -1.25. The number of nitrogens with zero attached hydrogens (tertiary/aromatic N) is 3. The van der Waals surface area contributed by atoms with Crippen LogP contribution in [-0.4, -0.2) is 41.7 Å². The average Bonchev–Trinajstić information content (AvgIpc) is 2.81. The maximum absolute atomic E-state index is 12.2. The second-order valence-corrected chi connectivity index (χ2v) is 13.0. The van der Waals surface area contributed by atoms with E-state index in [9.17, 15) is 4.79 Å². The van der Waals surface area contributed by atoms with Crippen molar-refractivity contribution < 1.29 is 9.53 Å². The molecule has 0 aliphatic heterocycles. The third-order valence-corrected chi connectivity index (χ3v) is 5.43. The van der Waals surface area contributed by atoms with Gasteiger partial charge in [0.2, 0.25) is 0 Å². The minimum absolute atomic E-state index is 0.147. The summed E-state index contributed by atoms with van der Waals surface area (Å²) in [6.07, 6.45) is 3.39. The minimum atomic E-state index is -1.11. The van der Waals surface area contributed by atoms with Gasteiger partial charge in [0.25, 0.3) is 5.91 Å². The third-order valence-electron chi connectivity index (χ3n) is 3.34. The Balaban J connectivity index is 2.21. The second kappa shape index (κ2) is 7.54. The molecule has 2 aromatic rings. The maximum Gasteiger partial charge on any atom is 0.255 e. The van der Waals surface area contributed by atoms with Crippen molar-refractivity contribution in [1.29, 1.82) is 0 Å². The summed E-state index contributed by atoms with van der Waals surface area (Å²) >= 11 is 3.31. The predicted molar refractivity (Wildman–Crippen MR) is 97.3 cm³/mol. The molecular weight excluding hydrogens is 376 g/mol. The molecule has 0 radical (unpaired) electrons. The summed E-state index contributed by atoms with van der Waals surface area (Å²) in [5.74, 6) is -0.147. The molecule has 2 aromatic heterocycles. The van der Waals surface area contributed by atoms with Gasteiger partial charge < -0.3 is 14.6 Å². The van der Waals surface area contributed by atoms with E-state index in [1.54, 1.807) is 12.4 Å². The van der Waals surface area contributed by atoms with Gasteiger partial charge >= 0.3 is 0 Å². The highest BCUT2D eigenvalue weighted by molar-refractivity contribution is 9.10. The predicted octanol–water partition coefficient (Wildman–Crippen LogP) is 3.26. The molecule has 0 unspecified atom stereocenters. The Labute approximate surface area is 145 Å². The van der Waals surface area contributed by atoms with Gasteiger partial charge in [-0.25, -0.2) is 9.97 Å². The molecule has 0 aliphatic carbocycles. The van der Waals surface area contributed by atoms with Crippen molar-refractivity contribution in [2.75, 3.05) is 13.2 Å². The van der Waals surface area contributed by atoms with Crippen LogP contribution in [-0.2, 0) is 11.5 Å². The van der Waals surface area contributed by atoms with E-state index in [-0.39, 0.29) is 5.91 Å². The molecule has 2 rings (SSSR count). The Bertz CT molecular complexity index is 697. The van der Waals surface area contributed by atoms with Gasteiger partial charge in [0.05, 0.1) is 11.8 Å². The largest absolute Gasteiger partial charge is 0.361 e. The van der Waals surface area contributed by atoms with Crippen LogP contribution in [0.2, 0.25) is 25.7 Å². The summed E-state index contributed by atoms with van der Waals surface area (Å²) in [5, 5.41) is 2.80. The van der Waals surface area contributed by atoms with Gasteiger partial charge in [0.15, 0.2) is 5.65 Å². The zero-order valence-corrected chi connectivity index (χ0v) is 16.6. The highest BCUT2D eigenvalue weighted by Crippen LogP contribution is 2.20. The van der Waals surface area contributed by atoms with Crippen LogP contribution in [0.4, 0.5) is 0 Å². The topological polar surface area (TPSA) is 69.0 Å². The van der Waals surface area contributed by atoms with Gasteiger partial charge in [-0.3, -0.25) is 4.79 Å². The first-order valence-corrected chi connectivity index (χ1v) is 12.2. The van der Waals surface area contributed by atoms with E-state index in [1.807, 2.05) is 11.5 Å². The summed E-state index contributed by atoms with van der Waals surface area (Å²) in [5.41, 5.74) is 1.76. The average molecular weight is 399 g/mol. The zero-order valence-electron chi connectivity index (χ0n) is 14.0. The van der Waals surface area contributed by atoms with Crippen molar-refractivity contribution >= 4 is 41.1 Å². The van der Waals surface area contributed by atoms with Crippen LogP contribution in [0.1, 0.15) is 17.3 Å². The van der Waals surface area contributed by atoms with E-state index in [1.165, 1.54) is 0 Å². The molecule has 2 heterocycles. The number of halogens is 1. The van der Waals surface area contributed by atoms with Gasteiger partial charge in [0.1, 0.15) is 16.9 Å². The van der Waals surface area contributed by atoms with E-state index < -0.39 is 8.07 Å². The number of hydrogen-bond acceptors (Lipinski definition) is 4. The number of aromatic nitrogens is 3. The number of nitrogens with one attached hydrogen (secondary N) is 1. The van der Waals surface area contributed by atoms with E-state index >= 15 is 0 Å². The van der Waals surface area contributed by atoms with Crippen LogP contribution in [0.15, 0.2) is 17.0 Å². The quantitative estimate of drug-likeness (QED) is 0.573. The number of hydrogen-bond donors (Lipinski definition) is 1. The van der Waals surface area contributed by atoms with Gasteiger partial charge in [-0.2, -0.15) is 0 Å². The van der Waals surface area contributed by atoms with Gasteiger partial charge in [-0.1, -0.05) is 19.6 Å². The summed E-state index contributed by atoms with van der Waals surface area (Å²) in [4.78, 5) is 21.0. The van der Waals surface area contributed by atoms with Crippen molar-refractivity contribution in [2.24, 2.45) is 0 Å². The molecule has 1 amide bonds. The maximum atomic E-state index is 12.2. The summed E-state index contributed by atoms with van der Waals surface area (Å²) < 4.78 is 8.22. The smallest absolute Gasteiger partial charge is 0.255 e. The number of ether oxygens (including phenoxy) is 1. The van der Waals surface area contributed by atoms with E-state index in [0.29, 0.717) is 34.6 Å². The van der Waals surface area contributed by atoms with E-state index in [4.69, 9.17) is 4.74 Å². The van der Waals surface area contributed by atoms with E-state index in [0.717, 1.165) is 12.7 Å². The molecular formula is C15H23BrN4O2Si. The van der Waals surface area contributed by atoms with Crippen LogP contribution < -0.4 is 5.32 Å². The number of fused-ring (bicyclic) bond motifs is 1. The molecule has 0 spiro atoms. The Morgan fingerprint density at radius 3 is 2.83 bits per heavy atom. The Morgan fingerprint density at radius 2 is 2.17 bits per heavy atom. The molecule has 0 atom stereocenters. The SMILES string of the molecule is CCNC(=O)c1cn(COCC[Si](C)(C)C)c2ncc(Br)nc12. The third kappa shape index (κ3) is 4.86. The Kier molecular flexibility index (Phi) is 5.93. The molecule has 0 fully saturated rings. The first-order chi connectivity index (χ1) is 10.8. The van der Waals surface area contributed by atoms with Crippen LogP contribution in [0.25, 0.3) is 11.2 Å². The molecule has 0 saturated carbocycles. The fourth-order valence-electron chi connectivity index (χ4n) is 2.09. The molecule has 6 nitrogen and oxygen atoms in total. The van der Waals surface area contributed by atoms with Gasteiger partial charge in [-0.15, -0.1) is 0 Å². The lowest BCUT2D eigenvalue weighted by molar-refractivity contribution is 0.0892. The molecule has 0 saturated heterocycles. The van der Waals surface area contributed by atoms with Crippen molar-refractivity contribution in [2.45, 2.75) is 39.3 Å². The summed E-state index contributed by atoms with van der Waals surface area (Å²) in [6.45, 7) is 10.5. The number of carbonyl (C=O) groups excluding carboxylic acids is 1. The molecule has 23 heavy (non-hydrogen) atoms. The summed E-state index contributed by atoms with van der Waals surface area (Å²) in [6, 6.07) is 1.10. The van der Waals surface area contributed by atoms with Crippen molar-refractivity contribution in [3.8, 4) is 0 Å². The lowest BCUT2D eigenvalue weighted by Crippen LogP contribution is -2.22. The lowest BCUT2D eigenvalue weighted by Gasteiger charge is -2.15. The fraction of sp³-hybridized carbons (Fsp3) is 0.533. The molecule has 8 heteroatoms. The minimum Gasteiger partial charge on any atom is -0.361 e. The normalized spacial score (nSPS) is 11.9. The first-order valence-electron chi connectivity index (χ1n) is 7.69. The van der Waals surface area contributed by atoms with Crippen LogP contribution >= 0.6 is 15.9 Å². The van der Waals surface area contributed by atoms with Gasteiger partial charge in [-0.05, 0) is 28.9 Å². The molecule has 0 aliphatic rings. The molecule has 126 valence electrons. The van der Waals surface area contributed by atoms with Crippen LogP contribution in [0.5, 0.6) is 0 Å². The van der Waals surface area contributed by atoms with Crippen LogP contribution in [0, 0.1) is 0 Å². The molecule has 1 N–H and O–H groups in total. The highest BCUT2D eigenvalue weighted by atomic mass is 79.9. The van der Waals surface area contributed by atoms with Gasteiger partial charge in [0, 0.05) is 27.4 Å². The lowest BCUT2D eigenvalue weighted by atomic mass is 10.3. The highest BCUT2D eigenvalue weighted by Gasteiger charge is 2.18. The summed E-state index contributed by atoms with van der Waals surface area (Å²) in [7, 11) is -1.11. The second-order valence-electron chi connectivity index (χ2n) is 6.58. The zero-order chi connectivity index (χ0) is 17.0.